The summed E-state index contributed by atoms with van der Waals surface area (Å²) in [6.45, 7) is 5.50. The highest BCUT2D eigenvalue weighted by Crippen LogP contribution is 2.21. The number of benzene rings is 1. The van der Waals surface area contributed by atoms with Crippen LogP contribution in [0.4, 0.5) is 5.69 Å². The molecule has 4 heteroatoms. The molecule has 0 bridgehead atoms. The number of hydrogen-bond acceptors (Lipinski definition) is 2. The van der Waals surface area contributed by atoms with E-state index in [1.807, 2.05) is 31.2 Å². The van der Waals surface area contributed by atoms with Crippen LogP contribution in [0.15, 0.2) is 24.3 Å². The van der Waals surface area contributed by atoms with Gasteiger partial charge in [-0.1, -0.05) is 17.7 Å². The zero-order chi connectivity index (χ0) is 12.6. The molecule has 1 heterocycles. The lowest BCUT2D eigenvalue weighted by molar-refractivity contribution is -0.134. The molecule has 0 atom stereocenters. The highest BCUT2D eigenvalue weighted by Gasteiger charge is 2.39. The fourth-order valence-electron chi connectivity index (χ4n) is 1.93. The van der Waals surface area contributed by atoms with Crippen LogP contribution in [0, 0.1) is 6.92 Å². The Balaban J connectivity index is 2.34. The number of hydrogen-bond donors (Lipinski definition) is 1. The van der Waals surface area contributed by atoms with Gasteiger partial charge in [0.2, 0.25) is 5.91 Å². The van der Waals surface area contributed by atoms with E-state index in [2.05, 4.69) is 5.32 Å². The number of amides is 2. The number of carbonyl (C=O) groups is 2. The maximum atomic E-state index is 12.2. The van der Waals surface area contributed by atoms with Crippen LogP contribution < -0.4 is 10.2 Å². The van der Waals surface area contributed by atoms with Gasteiger partial charge in [0, 0.05) is 5.69 Å². The molecule has 1 saturated heterocycles. The first-order valence-electron chi connectivity index (χ1n) is 5.60. The van der Waals surface area contributed by atoms with Gasteiger partial charge in [0.25, 0.3) is 5.91 Å². The Morgan fingerprint density at radius 3 is 2.35 bits per heavy atom. The van der Waals surface area contributed by atoms with Gasteiger partial charge in [-0.15, -0.1) is 0 Å². The molecule has 1 aliphatic heterocycles. The molecule has 1 aromatic rings. The molecule has 2 rings (SSSR count). The lowest BCUT2D eigenvalue weighted by atomic mass is 10.00. The van der Waals surface area contributed by atoms with Crippen molar-refractivity contribution in [1.29, 1.82) is 0 Å². The second kappa shape index (κ2) is 3.87. The summed E-state index contributed by atoms with van der Waals surface area (Å²) in [5, 5.41) is 2.69. The third-order valence-corrected chi connectivity index (χ3v) is 2.88. The predicted molar refractivity (Wildman–Crippen MR) is 65.8 cm³/mol. The van der Waals surface area contributed by atoms with E-state index in [0.717, 1.165) is 11.3 Å². The first-order chi connectivity index (χ1) is 7.90. The minimum Gasteiger partial charge on any atom is -0.341 e. The number of carbonyl (C=O) groups excluding carboxylic acids is 2. The molecule has 2 amide bonds. The minimum absolute atomic E-state index is 0.0825. The Labute approximate surface area is 101 Å². The van der Waals surface area contributed by atoms with Crippen molar-refractivity contribution in [3.63, 3.8) is 0 Å². The summed E-state index contributed by atoms with van der Waals surface area (Å²) in [6.07, 6.45) is 0. The summed E-state index contributed by atoms with van der Waals surface area (Å²) in [4.78, 5) is 25.3. The highest BCUT2D eigenvalue weighted by molar-refractivity contribution is 6.08. The molecule has 1 fully saturated rings. The van der Waals surface area contributed by atoms with Crippen LogP contribution in [0.1, 0.15) is 19.4 Å². The number of aryl methyl sites for hydroxylation is 1. The van der Waals surface area contributed by atoms with Gasteiger partial charge in [0.05, 0.1) is 0 Å². The van der Waals surface area contributed by atoms with Crippen molar-refractivity contribution >= 4 is 17.5 Å². The zero-order valence-corrected chi connectivity index (χ0v) is 10.3. The number of piperazine rings is 1. The van der Waals surface area contributed by atoms with Crippen LogP contribution in [-0.2, 0) is 9.59 Å². The zero-order valence-electron chi connectivity index (χ0n) is 10.3. The molecule has 90 valence electrons. The van der Waals surface area contributed by atoms with Crippen molar-refractivity contribution in [1.82, 2.24) is 5.32 Å². The monoisotopic (exact) mass is 232 g/mol. The molecule has 0 radical (unpaired) electrons. The standard InChI is InChI=1S/C13H16N2O2/c1-9-4-6-10(7-5-9)15-8-11(16)14-13(2,3)12(15)17/h4-7H,8H2,1-3H3,(H,14,16). The van der Waals surface area contributed by atoms with E-state index in [0.29, 0.717) is 0 Å². The summed E-state index contributed by atoms with van der Waals surface area (Å²) >= 11 is 0. The lowest BCUT2D eigenvalue weighted by Gasteiger charge is -2.37. The maximum Gasteiger partial charge on any atom is 0.252 e. The first-order valence-corrected chi connectivity index (χ1v) is 5.60. The van der Waals surface area contributed by atoms with Gasteiger partial charge in [-0.2, -0.15) is 0 Å². The van der Waals surface area contributed by atoms with Crippen LogP contribution >= 0.6 is 0 Å². The molecule has 4 nitrogen and oxygen atoms in total. The Hall–Kier alpha value is -1.84. The second-order valence-corrected chi connectivity index (χ2v) is 4.90. The molecule has 17 heavy (non-hydrogen) atoms. The van der Waals surface area contributed by atoms with Gasteiger partial charge in [0.15, 0.2) is 0 Å². The van der Waals surface area contributed by atoms with Crippen LogP contribution in [0.3, 0.4) is 0 Å². The fraction of sp³-hybridized carbons (Fsp3) is 0.385. The molecule has 0 aromatic heterocycles. The smallest absolute Gasteiger partial charge is 0.252 e. The van der Waals surface area contributed by atoms with Crippen molar-refractivity contribution in [2.24, 2.45) is 0 Å². The van der Waals surface area contributed by atoms with E-state index < -0.39 is 5.54 Å². The van der Waals surface area contributed by atoms with Gasteiger partial charge in [0.1, 0.15) is 12.1 Å². The van der Waals surface area contributed by atoms with Crippen molar-refractivity contribution in [3.8, 4) is 0 Å². The molecule has 1 aliphatic rings. The van der Waals surface area contributed by atoms with Crippen molar-refractivity contribution in [3.05, 3.63) is 29.8 Å². The maximum absolute atomic E-state index is 12.2. The number of nitrogens with zero attached hydrogens (tertiary/aromatic N) is 1. The summed E-state index contributed by atoms with van der Waals surface area (Å²) < 4.78 is 0. The topological polar surface area (TPSA) is 49.4 Å². The van der Waals surface area contributed by atoms with E-state index in [4.69, 9.17) is 0 Å². The van der Waals surface area contributed by atoms with Gasteiger partial charge in [-0.3, -0.25) is 9.59 Å². The highest BCUT2D eigenvalue weighted by atomic mass is 16.2. The van der Waals surface area contributed by atoms with Crippen LogP contribution in [0.2, 0.25) is 0 Å². The number of rotatable bonds is 1. The summed E-state index contributed by atoms with van der Waals surface area (Å²) in [7, 11) is 0. The molecule has 1 N–H and O–H groups in total. The van der Waals surface area contributed by atoms with Crippen LogP contribution in [-0.4, -0.2) is 23.9 Å². The summed E-state index contributed by atoms with van der Waals surface area (Å²) in [5.41, 5.74) is 1.06. The van der Waals surface area contributed by atoms with Crippen molar-refractivity contribution in [2.75, 3.05) is 11.4 Å². The van der Waals surface area contributed by atoms with Crippen molar-refractivity contribution in [2.45, 2.75) is 26.3 Å². The Bertz CT molecular complexity index is 463. The van der Waals surface area contributed by atoms with E-state index in [9.17, 15) is 9.59 Å². The average Bonchev–Trinajstić information content (AvgIpc) is 2.24. The SMILES string of the molecule is Cc1ccc(N2CC(=O)NC(C)(C)C2=O)cc1. The van der Waals surface area contributed by atoms with Crippen molar-refractivity contribution < 1.29 is 9.59 Å². The van der Waals surface area contributed by atoms with Crippen LogP contribution in [0.5, 0.6) is 0 Å². The normalized spacial score (nSPS) is 19.1. The predicted octanol–water partition coefficient (Wildman–Crippen LogP) is 1.24. The summed E-state index contributed by atoms with van der Waals surface area (Å²) in [5.74, 6) is -0.212. The van der Waals surface area contributed by atoms with Gasteiger partial charge in [-0.25, -0.2) is 0 Å². The molecule has 0 spiro atoms. The van der Waals surface area contributed by atoms with Gasteiger partial charge >= 0.3 is 0 Å². The minimum atomic E-state index is -0.833. The molecule has 0 aliphatic carbocycles. The second-order valence-electron chi connectivity index (χ2n) is 4.90. The molecular formula is C13H16N2O2. The lowest BCUT2D eigenvalue weighted by Crippen LogP contribution is -2.64. The Kier molecular flexibility index (Phi) is 2.65. The van der Waals surface area contributed by atoms with Gasteiger partial charge < -0.3 is 10.2 Å². The molecule has 0 saturated carbocycles. The molecule has 0 unspecified atom stereocenters. The molecule has 1 aromatic carbocycles. The number of anilines is 1. The first kappa shape index (κ1) is 11.6. The third-order valence-electron chi connectivity index (χ3n) is 2.88. The number of nitrogens with one attached hydrogen (secondary N) is 1. The fourth-order valence-corrected chi connectivity index (χ4v) is 1.93. The van der Waals surface area contributed by atoms with E-state index in [-0.39, 0.29) is 18.4 Å². The van der Waals surface area contributed by atoms with E-state index in [1.165, 1.54) is 4.90 Å². The third kappa shape index (κ3) is 2.16. The quantitative estimate of drug-likeness (QED) is 0.792. The van der Waals surface area contributed by atoms with Gasteiger partial charge in [-0.05, 0) is 32.9 Å². The Morgan fingerprint density at radius 2 is 1.76 bits per heavy atom. The molecular weight excluding hydrogens is 216 g/mol. The Morgan fingerprint density at radius 1 is 1.18 bits per heavy atom. The largest absolute Gasteiger partial charge is 0.341 e. The summed E-state index contributed by atoms with van der Waals surface area (Å²) in [6, 6.07) is 7.59. The van der Waals surface area contributed by atoms with E-state index in [1.54, 1.807) is 13.8 Å². The van der Waals surface area contributed by atoms with E-state index >= 15 is 0 Å². The average molecular weight is 232 g/mol. The van der Waals surface area contributed by atoms with Crippen LogP contribution in [0.25, 0.3) is 0 Å².